The van der Waals surface area contributed by atoms with Gasteiger partial charge in [0.2, 0.25) is 47.3 Å². The van der Waals surface area contributed by atoms with Gasteiger partial charge in [-0.2, -0.15) is 0 Å². The number of hydrogen-bond donors (Lipinski definition) is 11. The first-order valence-corrected chi connectivity index (χ1v) is 18.1. The number of carboxylic acid groups (broad SMARTS) is 1. The van der Waals surface area contributed by atoms with Crippen molar-refractivity contribution in [2.24, 2.45) is 39.8 Å². The van der Waals surface area contributed by atoms with Crippen LogP contribution in [0.4, 0.5) is 0 Å². The molecule has 0 aromatic carbocycles. The Kier molecular flexibility index (Phi) is 20.7. The van der Waals surface area contributed by atoms with Gasteiger partial charge in [0.15, 0.2) is 5.96 Å². The van der Waals surface area contributed by atoms with Crippen LogP contribution < -0.4 is 54.8 Å². The Morgan fingerprint density at radius 1 is 0.782 bits per heavy atom. The topological polar surface area (TPSA) is 366 Å². The summed E-state index contributed by atoms with van der Waals surface area (Å²) >= 11 is 0. The molecular formula is C33H58N12O10. The number of amides is 8. The maximum atomic E-state index is 13.7. The van der Waals surface area contributed by atoms with E-state index >= 15 is 0 Å². The summed E-state index contributed by atoms with van der Waals surface area (Å²) in [5.74, 6) is -7.75. The number of primary amides is 1. The van der Waals surface area contributed by atoms with Crippen molar-refractivity contribution in [1.82, 2.24) is 36.8 Å². The Bertz CT molecular complexity index is 1420. The van der Waals surface area contributed by atoms with Crippen LogP contribution in [-0.2, 0) is 43.2 Å². The van der Waals surface area contributed by atoms with Crippen molar-refractivity contribution in [3.63, 3.8) is 0 Å². The van der Waals surface area contributed by atoms with Crippen molar-refractivity contribution in [1.29, 1.82) is 0 Å². The fourth-order valence-corrected chi connectivity index (χ4v) is 5.64. The van der Waals surface area contributed by atoms with Crippen molar-refractivity contribution in [3.05, 3.63) is 0 Å². The van der Waals surface area contributed by atoms with Crippen molar-refractivity contribution in [3.8, 4) is 0 Å². The van der Waals surface area contributed by atoms with Gasteiger partial charge in [0, 0.05) is 19.5 Å². The van der Waals surface area contributed by atoms with E-state index in [-0.39, 0.29) is 63.6 Å². The van der Waals surface area contributed by atoms with E-state index in [2.05, 4.69) is 36.9 Å². The van der Waals surface area contributed by atoms with Gasteiger partial charge in [0.25, 0.3) is 0 Å². The summed E-state index contributed by atoms with van der Waals surface area (Å²) in [6, 6.07) is -5.78. The molecule has 0 saturated carbocycles. The number of carboxylic acids is 1. The predicted octanol–water partition coefficient (Wildman–Crippen LogP) is -4.79. The van der Waals surface area contributed by atoms with Crippen LogP contribution in [0.25, 0.3) is 0 Å². The number of likely N-dealkylation sites (tertiary alicyclic amines) is 1. The zero-order valence-corrected chi connectivity index (χ0v) is 31.9. The number of carbonyl (C=O) groups is 9. The summed E-state index contributed by atoms with van der Waals surface area (Å²) in [6.45, 7) is 5.60. The summed E-state index contributed by atoms with van der Waals surface area (Å²) < 4.78 is 0. The van der Waals surface area contributed by atoms with Gasteiger partial charge in [0.1, 0.15) is 36.8 Å². The van der Waals surface area contributed by atoms with Crippen LogP contribution in [-0.4, -0.2) is 132 Å². The quantitative estimate of drug-likeness (QED) is 0.0249. The second kappa shape index (κ2) is 24.0. The van der Waals surface area contributed by atoms with E-state index in [1.54, 1.807) is 27.7 Å². The Morgan fingerprint density at radius 2 is 1.44 bits per heavy atom. The second-order valence-corrected chi connectivity index (χ2v) is 13.8. The van der Waals surface area contributed by atoms with Crippen LogP contribution in [0, 0.1) is 11.8 Å². The third-order valence-electron chi connectivity index (χ3n) is 8.36. The Hall–Kier alpha value is -5.54. The van der Waals surface area contributed by atoms with E-state index in [1.165, 1.54) is 4.90 Å². The molecule has 0 aromatic heterocycles. The molecule has 1 saturated heterocycles. The molecule has 55 heavy (non-hydrogen) atoms. The summed E-state index contributed by atoms with van der Waals surface area (Å²) in [5.41, 5.74) is 21.3. The van der Waals surface area contributed by atoms with E-state index in [4.69, 9.17) is 28.0 Å². The Labute approximate surface area is 319 Å². The lowest BCUT2D eigenvalue weighted by molar-refractivity contribution is -0.143. The minimum absolute atomic E-state index is 0.116. The smallest absolute Gasteiger partial charge is 0.322 e. The Morgan fingerprint density at radius 3 is 2.00 bits per heavy atom. The van der Waals surface area contributed by atoms with Gasteiger partial charge in [-0.3, -0.25) is 48.1 Å². The molecule has 0 unspecified atom stereocenters. The van der Waals surface area contributed by atoms with Crippen molar-refractivity contribution < 1.29 is 48.3 Å². The van der Waals surface area contributed by atoms with E-state index < -0.39 is 102 Å². The maximum absolute atomic E-state index is 13.7. The first kappa shape index (κ1) is 47.5. The summed E-state index contributed by atoms with van der Waals surface area (Å²) in [5, 5.41) is 23.8. The maximum Gasteiger partial charge on any atom is 0.322 e. The summed E-state index contributed by atoms with van der Waals surface area (Å²) in [7, 11) is 0. The van der Waals surface area contributed by atoms with E-state index in [0.29, 0.717) is 12.8 Å². The molecule has 1 aliphatic rings. The van der Waals surface area contributed by atoms with Gasteiger partial charge in [0.05, 0.1) is 13.1 Å². The van der Waals surface area contributed by atoms with E-state index in [1.807, 2.05) is 0 Å². The van der Waals surface area contributed by atoms with Gasteiger partial charge >= 0.3 is 5.97 Å². The highest BCUT2D eigenvalue weighted by Crippen LogP contribution is 2.20. The van der Waals surface area contributed by atoms with Crippen LogP contribution in [0.3, 0.4) is 0 Å². The molecule has 310 valence electrons. The number of carbonyl (C=O) groups excluding carboxylic acids is 8. The Balaban J connectivity index is 3.08. The second-order valence-electron chi connectivity index (χ2n) is 13.8. The number of aliphatic carboxylic acids is 1. The van der Waals surface area contributed by atoms with Crippen molar-refractivity contribution in [2.45, 2.75) is 103 Å². The van der Waals surface area contributed by atoms with Crippen LogP contribution in [0.5, 0.6) is 0 Å². The molecule has 8 amide bonds. The molecule has 0 aromatic rings. The standard InChI is InChI=1S/C33H58N12O10/c1-17(2)13-21(42-25(48)15-39-28(51)19(41-24(47)14-34)7-5-11-38-33(36)37)29(52)44-27(18(3)4)31(54)43-20(9-10-23(35)46)32(55)45-12-6-8-22(45)30(53)40-16-26(49)50/h17-22,27H,5-16,34H2,1-4H3,(H2,35,46)(H,39,51)(H,40,53)(H,41,47)(H,42,48)(H,43,54)(H,44,52)(H,49,50)(H4,36,37,38)/t19-,20-,21-,22-,27-/m0/s1. The average Bonchev–Trinajstić information content (AvgIpc) is 3.60. The average molecular weight is 783 g/mol. The van der Waals surface area contributed by atoms with Crippen LogP contribution in [0.1, 0.15) is 72.6 Å². The largest absolute Gasteiger partial charge is 0.480 e. The highest BCUT2D eigenvalue weighted by Gasteiger charge is 2.39. The fourth-order valence-electron chi connectivity index (χ4n) is 5.64. The molecule has 5 atom stereocenters. The van der Waals surface area contributed by atoms with Crippen molar-refractivity contribution >= 4 is 59.2 Å². The first-order chi connectivity index (χ1) is 25.8. The molecule has 0 spiro atoms. The van der Waals surface area contributed by atoms with Crippen molar-refractivity contribution in [2.75, 3.05) is 32.7 Å². The number of nitrogens with two attached hydrogens (primary N) is 4. The predicted molar refractivity (Wildman–Crippen MR) is 198 cm³/mol. The molecule has 22 heteroatoms. The molecule has 1 rings (SSSR count). The lowest BCUT2D eigenvalue weighted by atomic mass is 9.99. The van der Waals surface area contributed by atoms with Crippen LogP contribution >= 0.6 is 0 Å². The van der Waals surface area contributed by atoms with Crippen LogP contribution in [0.15, 0.2) is 4.99 Å². The highest BCUT2D eigenvalue weighted by atomic mass is 16.4. The number of aliphatic imine (C=N–C) groups is 1. The van der Waals surface area contributed by atoms with Gasteiger partial charge in [-0.05, 0) is 50.4 Å². The van der Waals surface area contributed by atoms with Crippen LogP contribution in [0.2, 0.25) is 0 Å². The molecule has 22 nitrogen and oxygen atoms in total. The number of nitrogens with one attached hydrogen (secondary N) is 6. The minimum Gasteiger partial charge on any atom is -0.480 e. The van der Waals surface area contributed by atoms with Gasteiger partial charge in [-0.1, -0.05) is 27.7 Å². The molecule has 1 heterocycles. The molecule has 15 N–H and O–H groups in total. The molecule has 1 aliphatic heterocycles. The number of nitrogens with zero attached hydrogens (tertiary/aromatic N) is 2. The lowest BCUT2D eigenvalue weighted by Gasteiger charge is -2.31. The molecular weight excluding hydrogens is 724 g/mol. The molecule has 0 bridgehead atoms. The third-order valence-corrected chi connectivity index (χ3v) is 8.36. The number of hydrogen-bond acceptors (Lipinski definition) is 11. The zero-order valence-electron chi connectivity index (χ0n) is 31.9. The third kappa shape index (κ3) is 17.9. The van der Waals surface area contributed by atoms with E-state index in [0.717, 1.165) is 0 Å². The normalized spacial score (nSPS) is 15.8. The van der Waals surface area contributed by atoms with E-state index in [9.17, 15) is 43.2 Å². The monoisotopic (exact) mass is 782 g/mol. The van der Waals surface area contributed by atoms with Gasteiger partial charge in [-0.15, -0.1) is 0 Å². The summed E-state index contributed by atoms with van der Waals surface area (Å²) in [6.07, 6.45) is 0.743. The molecule has 0 radical (unpaired) electrons. The van der Waals surface area contributed by atoms with Gasteiger partial charge < -0.3 is 64.8 Å². The summed E-state index contributed by atoms with van der Waals surface area (Å²) in [4.78, 5) is 119. The minimum atomic E-state index is -1.33. The molecule has 1 fully saturated rings. The number of guanidine groups is 1. The first-order valence-electron chi connectivity index (χ1n) is 18.1. The zero-order chi connectivity index (χ0) is 41.8. The fraction of sp³-hybridized carbons (Fsp3) is 0.697. The number of rotatable bonds is 24. The highest BCUT2D eigenvalue weighted by molar-refractivity contribution is 5.97. The van der Waals surface area contributed by atoms with Gasteiger partial charge in [-0.25, -0.2) is 0 Å². The SMILES string of the molecule is CC(C)C[C@H](NC(=O)CNC(=O)[C@H](CCCN=C(N)N)NC(=O)CN)C(=O)N[C@H](C(=O)N[C@@H](CCC(N)=O)C(=O)N1CCC[C@H]1C(=O)NCC(=O)O)C(C)C. The molecule has 0 aliphatic carbocycles. The lowest BCUT2D eigenvalue weighted by Crippen LogP contribution is -2.60.